The molecule has 0 amide bonds. The van der Waals surface area contributed by atoms with E-state index in [0.29, 0.717) is 17.6 Å². The van der Waals surface area contributed by atoms with Crippen LogP contribution in [0.4, 0.5) is 8.78 Å². The molecule has 0 atom stereocenters. The fourth-order valence-corrected chi connectivity index (χ4v) is 2.05. The molecule has 21 heavy (non-hydrogen) atoms. The van der Waals surface area contributed by atoms with Gasteiger partial charge in [0, 0.05) is 11.6 Å². The molecule has 0 aliphatic heterocycles. The average molecular weight is 291 g/mol. The second kappa shape index (κ2) is 5.99. The predicted molar refractivity (Wildman–Crippen MR) is 75.5 cm³/mol. The van der Waals surface area contributed by atoms with Gasteiger partial charge in [0.1, 0.15) is 28.8 Å². The fourth-order valence-electron chi connectivity index (χ4n) is 2.05. The molecule has 110 valence electrons. The van der Waals surface area contributed by atoms with Gasteiger partial charge in [-0.2, -0.15) is 0 Å². The van der Waals surface area contributed by atoms with Crippen LogP contribution in [-0.4, -0.2) is 17.4 Å². The van der Waals surface area contributed by atoms with E-state index in [-0.39, 0.29) is 23.1 Å². The number of aldehydes is 1. The van der Waals surface area contributed by atoms with E-state index in [1.54, 1.807) is 13.0 Å². The summed E-state index contributed by atoms with van der Waals surface area (Å²) in [7, 11) is 0. The lowest BCUT2D eigenvalue weighted by molar-refractivity contribution is 0.111. The standard InChI is InChI=1S/C16H15F2NO2/c1-9(2)21-12-6-10(3)15(14(18)7-12)16-13(17)5-4-11(8-20)19-16/h4-9H,1-3H3. The van der Waals surface area contributed by atoms with Crippen LogP contribution in [0.2, 0.25) is 0 Å². The zero-order valence-corrected chi connectivity index (χ0v) is 12.0. The molecule has 0 unspecified atom stereocenters. The Morgan fingerprint density at radius 2 is 1.90 bits per heavy atom. The van der Waals surface area contributed by atoms with Gasteiger partial charge in [0.05, 0.1) is 6.10 Å². The first-order valence-corrected chi connectivity index (χ1v) is 6.51. The van der Waals surface area contributed by atoms with Crippen LogP contribution in [0.5, 0.6) is 5.75 Å². The number of nitrogens with zero attached hydrogens (tertiary/aromatic N) is 1. The maximum Gasteiger partial charge on any atom is 0.168 e. The number of benzene rings is 1. The van der Waals surface area contributed by atoms with Crippen LogP contribution in [-0.2, 0) is 0 Å². The van der Waals surface area contributed by atoms with Crippen molar-refractivity contribution in [1.29, 1.82) is 0 Å². The number of carbonyl (C=O) groups is 1. The summed E-state index contributed by atoms with van der Waals surface area (Å²) in [5.74, 6) is -0.948. The number of hydrogen-bond acceptors (Lipinski definition) is 3. The number of pyridine rings is 1. The van der Waals surface area contributed by atoms with Crippen molar-refractivity contribution in [1.82, 2.24) is 4.98 Å². The van der Waals surface area contributed by atoms with E-state index < -0.39 is 11.6 Å². The van der Waals surface area contributed by atoms with Gasteiger partial charge in [-0.1, -0.05) is 0 Å². The van der Waals surface area contributed by atoms with Gasteiger partial charge < -0.3 is 4.74 Å². The average Bonchev–Trinajstić information content (AvgIpc) is 2.39. The molecule has 0 radical (unpaired) electrons. The van der Waals surface area contributed by atoms with E-state index in [4.69, 9.17) is 4.74 Å². The lowest BCUT2D eigenvalue weighted by Gasteiger charge is -2.14. The first kappa shape index (κ1) is 15.1. The molecule has 1 aromatic heterocycles. The Morgan fingerprint density at radius 1 is 1.19 bits per heavy atom. The first-order valence-electron chi connectivity index (χ1n) is 6.51. The number of carbonyl (C=O) groups excluding carboxylic acids is 1. The van der Waals surface area contributed by atoms with Gasteiger partial charge >= 0.3 is 0 Å². The molecular weight excluding hydrogens is 276 g/mol. The number of ether oxygens (including phenoxy) is 1. The van der Waals surface area contributed by atoms with Gasteiger partial charge in [0.25, 0.3) is 0 Å². The Balaban J connectivity index is 2.57. The van der Waals surface area contributed by atoms with Crippen molar-refractivity contribution < 1.29 is 18.3 Å². The van der Waals surface area contributed by atoms with Crippen LogP contribution in [0.3, 0.4) is 0 Å². The predicted octanol–water partition coefficient (Wildman–Crippen LogP) is 3.93. The van der Waals surface area contributed by atoms with Gasteiger partial charge in [-0.25, -0.2) is 13.8 Å². The molecule has 0 bridgehead atoms. The van der Waals surface area contributed by atoms with Crippen molar-refractivity contribution >= 4 is 6.29 Å². The molecule has 5 heteroatoms. The summed E-state index contributed by atoms with van der Waals surface area (Å²) >= 11 is 0. The van der Waals surface area contributed by atoms with Crippen molar-refractivity contribution in [3.63, 3.8) is 0 Å². The van der Waals surface area contributed by atoms with Gasteiger partial charge in [0.2, 0.25) is 0 Å². The molecule has 0 saturated heterocycles. The number of hydrogen-bond donors (Lipinski definition) is 0. The molecule has 1 aromatic carbocycles. The zero-order valence-electron chi connectivity index (χ0n) is 12.0. The van der Waals surface area contributed by atoms with E-state index in [1.807, 2.05) is 13.8 Å². The molecule has 0 spiro atoms. The molecule has 2 aromatic rings. The molecule has 0 N–H and O–H groups in total. The summed E-state index contributed by atoms with van der Waals surface area (Å²) in [6.07, 6.45) is 0.398. The Labute approximate surface area is 121 Å². The van der Waals surface area contributed by atoms with Crippen LogP contribution in [0.25, 0.3) is 11.3 Å². The lowest BCUT2D eigenvalue weighted by atomic mass is 10.0. The van der Waals surface area contributed by atoms with E-state index >= 15 is 0 Å². The van der Waals surface area contributed by atoms with Crippen molar-refractivity contribution in [3.8, 4) is 17.0 Å². The summed E-state index contributed by atoms with van der Waals surface area (Å²) < 4.78 is 33.6. The Hall–Kier alpha value is -2.30. The van der Waals surface area contributed by atoms with Gasteiger partial charge in [-0.05, 0) is 44.5 Å². The second-order valence-corrected chi connectivity index (χ2v) is 4.95. The van der Waals surface area contributed by atoms with E-state index in [9.17, 15) is 13.6 Å². The number of halogens is 2. The van der Waals surface area contributed by atoms with Crippen molar-refractivity contribution in [2.45, 2.75) is 26.9 Å². The molecule has 0 fully saturated rings. The highest BCUT2D eigenvalue weighted by atomic mass is 19.1. The molecule has 2 rings (SSSR count). The van der Waals surface area contributed by atoms with Crippen LogP contribution in [0.1, 0.15) is 29.9 Å². The van der Waals surface area contributed by atoms with Crippen LogP contribution in [0.15, 0.2) is 24.3 Å². The van der Waals surface area contributed by atoms with Crippen molar-refractivity contribution in [2.75, 3.05) is 0 Å². The third-order valence-corrected chi connectivity index (χ3v) is 2.86. The Kier molecular flexibility index (Phi) is 4.31. The van der Waals surface area contributed by atoms with Crippen molar-refractivity contribution in [2.24, 2.45) is 0 Å². The second-order valence-electron chi connectivity index (χ2n) is 4.95. The van der Waals surface area contributed by atoms with E-state index in [1.165, 1.54) is 12.1 Å². The Bertz CT molecular complexity index is 661. The largest absolute Gasteiger partial charge is 0.491 e. The third kappa shape index (κ3) is 3.24. The van der Waals surface area contributed by atoms with Crippen molar-refractivity contribution in [3.05, 3.63) is 47.2 Å². The molecular formula is C16H15F2NO2. The summed E-state index contributed by atoms with van der Waals surface area (Å²) in [5.41, 5.74) is 0.394. The quantitative estimate of drug-likeness (QED) is 0.801. The normalized spacial score (nSPS) is 10.8. The SMILES string of the molecule is Cc1cc(OC(C)C)cc(F)c1-c1nc(C=O)ccc1F. The smallest absolute Gasteiger partial charge is 0.168 e. The number of aromatic nitrogens is 1. The first-order chi connectivity index (χ1) is 9.92. The minimum Gasteiger partial charge on any atom is -0.491 e. The van der Waals surface area contributed by atoms with Crippen LogP contribution < -0.4 is 4.74 Å². The topological polar surface area (TPSA) is 39.2 Å². The summed E-state index contributed by atoms with van der Waals surface area (Å²) in [6.45, 7) is 5.30. The summed E-state index contributed by atoms with van der Waals surface area (Å²) in [5, 5.41) is 0. The highest BCUT2D eigenvalue weighted by molar-refractivity contribution is 5.75. The van der Waals surface area contributed by atoms with E-state index in [0.717, 1.165) is 6.07 Å². The zero-order chi connectivity index (χ0) is 15.6. The van der Waals surface area contributed by atoms with E-state index in [2.05, 4.69) is 4.98 Å². The fraction of sp³-hybridized carbons (Fsp3) is 0.250. The minimum absolute atomic E-state index is 0.0345. The van der Waals surface area contributed by atoms with Crippen LogP contribution >= 0.6 is 0 Å². The molecule has 0 aliphatic rings. The monoisotopic (exact) mass is 291 g/mol. The third-order valence-electron chi connectivity index (χ3n) is 2.86. The van der Waals surface area contributed by atoms with Gasteiger partial charge in [-0.15, -0.1) is 0 Å². The highest BCUT2D eigenvalue weighted by Gasteiger charge is 2.17. The number of aryl methyl sites for hydroxylation is 1. The van der Waals surface area contributed by atoms with Gasteiger partial charge in [-0.3, -0.25) is 4.79 Å². The van der Waals surface area contributed by atoms with Crippen LogP contribution in [0, 0.1) is 18.6 Å². The number of rotatable bonds is 4. The Morgan fingerprint density at radius 3 is 2.48 bits per heavy atom. The lowest BCUT2D eigenvalue weighted by Crippen LogP contribution is -2.07. The maximum atomic E-state index is 14.3. The highest BCUT2D eigenvalue weighted by Crippen LogP contribution is 2.31. The summed E-state index contributed by atoms with van der Waals surface area (Å²) in [6, 6.07) is 5.16. The molecule has 1 heterocycles. The van der Waals surface area contributed by atoms with Gasteiger partial charge in [0.15, 0.2) is 6.29 Å². The molecule has 0 saturated carbocycles. The molecule has 3 nitrogen and oxygen atoms in total. The summed E-state index contributed by atoms with van der Waals surface area (Å²) in [4.78, 5) is 14.6. The maximum absolute atomic E-state index is 14.3. The molecule has 0 aliphatic carbocycles. The minimum atomic E-state index is -0.680.